The van der Waals surface area contributed by atoms with Crippen molar-refractivity contribution >= 4 is 10.0 Å². The van der Waals surface area contributed by atoms with E-state index in [9.17, 15) is 8.42 Å². The predicted molar refractivity (Wildman–Crippen MR) is 75.6 cm³/mol. The second-order valence-electron chi connectivity index (χ2n) is 5.17. The largest absolute Gasteiger partial charge is 0.468 e. The van der Waals surface area contributed by atoms with Crippen molar-refractivity contribution in [3.8, 4) is 0 Å². The van der Waals surface area contributed by atoms with Crippen molar-refractivity contribution in [2.75, 3.05) is 0 Å². The summed E-state index contributed by atoms with van der Waals surface area (Å²) in [6.07, 6.45) is 3.41. The Hall–Kier alpha value is -1.59. The Morgan fingerprint density at radius 1 is 1.20 bits per heavy atom. The molecule has 0 radical (unpaired) electrons. The van der Waals surface area contributed by atoms with Gasteiger partial charge in [0.2, 0.25) is 10.0 Å². The molecule has 1 heterocycles. The van der Waals surface area contributed by atoms with Crippen LogP contribution in [0.25, 0.3) is 0 Å². The number of sulfonamides is 1. The standard InChI is InChI=1S/C15H17NO3S/c1-12-4-8-15(9-5-12)20(17,18)16(13-6-7-13)11-14-3-2-10-19-14/h2-5,8-10,13H,6-7,11H2,1H3. The molecule has 2 aromatic rings. The van der Waals surface area contributed by atoms with Gasteiger partial charge in [0, 0.05) is 6.04 Å². The SMILES string of the molecule is Cc1ccc(S(=O)(=O)N(Cc2ccco2)C2CC2)cc1. The number of aryl methyl sites for hydroxylation is 1. The first-order valence-corrected chi connectivity index (χ1v) is 8.12. The van der Waals surface area contributed by atoms with Crippen LogP contribution in [0.1, 0.15) is 24.2 Å². The molecule has 1 aliphatic rings. The lowest BCUT2D eigenvalue weighted by Crippen LogP contribution is -2.32. The summed E-state index contributed by atoms with van der Waals surface area (Å²) in [5.74, 6) is 0.674. The maximum Gasteiger partial charge on any atom is 0.243 e. The second kappa shape index (κ2) is 5.07. The number of hydrogen-bond acceptors (Lipinski definition) is 3. The summed E-state index contributed by atoms with van der Waals surface area (Å²) in [6.45, 7) is 2.24. The van der Waals surface area contributed by atoms with Crippen LogP contribution in [0.2, 0.25) is 0 Å². The van der Waals surface area contributed by atoms with E-state index in [1.54, 1.807) is 34.8 Å². The Balaban J connectivity index is 1.91. The summed E-state index contributed by atoms with van der Waals surface area (Å²) in [7, 11) is -3.46. The van der Waals surface area contributed by atoms with Gasteiger partial charge in [0.05, 0.1) is 17.7 Å². The fourth-order valence-electron chi connectivity index (χ4n) is 2.17. The first kappa shape index (κ1) is 13.4. The molecule has 1 saturated carbocycles. The topological polar surface area (TPSA) is 50.5 Å². The van der Waals surface area contributed by atoms with Crippen molar-refractivity contribution in [2.45, 2.75) is 37.2 Å². The van der Waals surface area contributed by atoms with Gasteiger partial charge in [-0.05, 0) is 44.0 Å². The van der Waals surface area contributed by atoms with Crippen LogP contribution in [0.15, 0.2) is 52.0 Å². The van der Waals surface area contributed by atoms with Crippen molar-refractivity contribution in [3.05, 3.63) is 54.0 Å². The molecule has 0 unspecified atom stereocenters. The van der Waals surface area contributed by atoms with E-state index in [0.717, 1.165) is 18.4 Å². The van der Waals surface area contributed by atoms with E-state index in [1.165, 1.54) is 0 Å². The molecule has 1 aliphatic carbocycles. The van der Waals surface area contributed by atoms with Gasteiger partial charge in [0.1, 0.15) is 5.76 Å². The van der Waals surface area contributed by atoms with Crippen molar-refractivity contribution in [1.82, 2.24) is 4.31 Å². The normalized spacial score (nSPS) is 15.7. The van der Waals surface area contributed by atoms with E-state index < -0.39 is 10.0 Å². The zero-order valence-electron chi connectivity index (χ0n) is 11.3. The lowest BCUT2D eigenvalue weighted by Gasteiger charge is -2.20. The predicted octanol–water partition coefficient (Wildman–Crippen LogP) is 2.94. The van der Waals surface area contributed by atoms with E-state index >= 15 is 0 Å². The lowest BCUT2D eigenvalue weighted by atomic mass is 10.2. The highest BCUT2D eigenvalue weighted by Crippen LogP contribution is 2.33. The number of hydrogen-bond donors (Lipinski definition) is 0. The minimum absolute atomic E-state index is 0.103. The Kier molecular flexibility index (Phi) is 3.40. The van der Waals surface area contributed by atoms with Crippen molar-refractivity contribution < 1.29 is 12.8 Å². The average molecular weight is 291 g/mol. The Bertz CT molecular complexity index is 670. The Morgan fingerprint density at radius 2 is 1.90 bits per heavy atom. The molecule has 106 valence electrons. The van der Waals surface area contributed by atoms with Crippen molar-refractivity contribution in [2.24, 2.45) is 0 Å². The van der Waals surface area contributed by atoms with Crippen LogP contribution in [0.5, 0.6) is 0 Å². The summed E-state index contributed by atoms with van der Waals surface area (Å²) in [5.41, 5.74) is 1.05. The van der Waals surface area contributed by atoms with Gasteiger partial charge in [-0.3, -0.25) is 0 Å². The maximum absolute atomic E-state index is 12.7. The third kappa shape index (κ3) is 2.64. The van der Waals surface area contributed by atoms with Crippen LogP contribution < -0.4 is 0 Å². The zero-order chi connectivity index (χ0) is 14.2. The Labute approximate surface area is 119 Å². The molecule has 5 heteroatoms. The molecule has 0 spiro atoms. The van der Waals surface area contributed by atoms with Gasteiger partial charge in [-0.2, -0.15) is 4.31 Å². The molecule has 0 amide bonds. The molecule has 0 saturated heterocycles. The highest BCUT2D eigenvalue weighted by Gasteiger charge is 2.38. The van der Waals surface area contributed by atoms with Crippen LogP contribution in [-0.4, -0.2) is 18.8 Å². The number of rotatable bonds is 5. The molecule has 0 N–H and O–H groups in total. The minimum atomic E-state index is -3.46. The molecule has 1 fully saturated rings. The molecule has 0 aliphatic heterocycles. The fourth-order valence-corrected chi connectivity index (χ4v) is 3.83. The molecule has 1 aromatic carbocycles. The van der Waals surface area contributed by atoms with Crippen LogP contribution in [0, 0.1) is 6.92 Å². The van der Waals surface area contributed by atoms with E-state index in [2.05, 4.69) is 0 Å². The van der Waals surface area contributed by atoms with Gasteiger partial charge in [0.25, 0.3) is 0 Å². The minimum Gasteiger partial charge on any atom is -0.468 e. The van der Waals surface area contributed by atoms with E-state index in [1.807, 2.05) is 19.1 Å². The van der Waals surface area contributed by atoms with Gasteiger partial charge in [-0.15, -0.1) is 0 Å². The third-order valence-electron chi connectivity index (χ3n) is 3.47. The van der Waals surface area contributed by atoms with Crippen LogP contribution in [-0.2, 0) is 16.6 Å². The van der Waals surface area contributed by atoms with E-state index in [-0.39, 0.29) is 6.04 Å². The third-order valence-corrected chi connectivity index (χ3v) is 5.39. The smallest absolute Gasteiger partial charge is 0.243 e. The summed E-state index contributed by atoms with van der Waals surface area (Å²) in [5, 5.41) is 0. The maximum atomic E-state index is 12.7. The van der Waals surface area contributed by atoms with Gasteiger partial charge in [0.15, 0.2) is 0 Å². The molecule has 4 nitrogen and oxygen atoms in total. The molecular weight excluding hydrogens is 274 g/mol. The number of benzene rings is 1. The summed E-state index contributed by atoms with van der Waals surface area (Å²) < 4.78 is 32.3. The van der Waals surface area contributed by atoms with Crippen LogP contribution >= 0.6 is 0 Å². The summed E-state index contributed by atoms with van der Waals surface area (Å²) in [4.78, 5) is 0.349. The number of furan rings is 1. The van der Waals surface area contributed by atoms with Gasteiger partial charge in [-0.1, -0.05) is 17.7 Å². The molecule has 1 aromatic heterocycles. The molecule has 0 atom stereocenters. The first-order valence-electron chi connectivity index (χ1n) is 6.68. The van der Waals surface area contributed by atoms with Crippen LogP contribution in [0.4, 0.5) is 0 Å². The summed E-state index contributed by atoms with van der Waals surface area (Å²) in [6, 6.07) is 10.7. The van der Waals surface area contributed by atoms with Gasteiger partial charge in [-0.25, -0.2) is 8.42 Å². The van der Waals surface area contributed by atoms with Gasteiger partial charge >= 0.3 is 0 Å². The van der Waals surface area contributed by atoms with Gasteiger partial charge < -0.3 is 4.42 Å². The molecular formula is C15H17NO3S. The lowest BCUT2D eigenvalue weighted by molar-refractivity contribution is 0.356. The van der Waals surface area contributed by atoms with E-state index in [4.69, 9.17) is 4.42 Å². The van der Waals surface area contributed by atoms with E-state index in [0.29, 0.717) is 17.2 Å². The van der Waals surface area contributed by atoms with Crippen molar-refractivity contribution in [3.63, 3.8) is 0 Å². The Morgan fingerprint density at radius 3 is 2.45 bits per heavy atom. The first-order chi connectivity index (χ1) is 9.57. The zero-order valence-corrected chi connectivity index (χ0v) is 12.1. The van der Waals surface area contributed by atoms with Crippen molar-refractivity contribution in [1.29, 1.82) is 0 Å². The highest BCUT2D eigenvalue weighted by atomic mass is 32.2. The quantitative estimate of drug-likeness (QED) is 0.851. The molecule has 3 rings (SSSR count). The number of nitrogens with zero attached hydrogens (tertiary/aromatic N) is 1. The highest BCUT2D eigenvalue weighted by molar-refractivity contribution is 7.89. The average Bonchev–Trinajstić information content (AvgIpc) is 3.12. The summed E-state index contributed by atoms with van der Waals surface area (Å²) >= 11 is 0. The molecule has 20 heavy (non-hydrogen) atoms. The molecule has 0 bridgehead atoms. The second-order valence-corrected chi connectivity index (χ2v) is 7.06. The monoisotopic (exact) mass is 291 g/mol. The van der Waals surface area contributed by atoms with Crippen LogP contribution in [0.3, 0.4) is 0 Å². The fraction of sp³-hybridized carbons (Fsp3) is 0.333.